The predicted molar refractivity (Wildman–Crippen MR) is 52.5 cm³/mol. The molecule has 0 bridgehead atoms. The Hall–Kier alpha value is -1.45. The van der Waals surface area contributed by atoms with E-state index in [1.165, 1.54) is 0 Å². The van der Waals surface area contributed by atoms with E-state index in [-0.39, 0.29) is 5.41 Å². The van der Waals surface area contributed by atoms with Crippen LogP contribution in [0, 0.1) is 5.95 Å². The van der Waals surface area contributed by atoms with Crippen LogP contribution >= 0.6 is 0 Å². The number of pyridine rings is 1. The lowest BCUT2D eigenvalue weighted by Gasteiger charge is -2.19. The molecule has 0 aliphatic rings. The Morgan fingerprint density at radius 3 is 2.71 bits per heavy atom. The topological polar surface area (TPSA) is 41.6 Å². The van der Waals surface area contributed by atoms with Gasteiger partial charge in [0.1, 0.15) is 0 Å². The quantitative estimate of drug-likeness (QED) is 0.698. The third kappa shape index (κ3) is 1.27. The van der Waals surface area contributed by atoms with Crippen LogP contribution < -0.4 is 0 Å². The average molecular weight is 193 g/mol. The van der Waals surface area contributed by atoms with Gasteiger partial charge in [-0.3, -0.25) is 5.10 Å². The van der Waals surface area contributed by atoms with Crippen LogP contribution in [0.25, 0.3) is 11.0 Å². The minimum Gasteiger partial charge on any atom is -0.250 e. The molecule has 0 aliphatic carbocycles. The second-order valence-corrected chi connectivity index (χ2v) is 4.34. The van der Waals surface area contributed by atoms with Gasteiger partial charge < -0.3 is 0 Å². The standard InChI is InChI=1S/C10H12FN3/c1-10(2,3)6-4-5-12-9-7(6)8(11)13-14-9/h4-5H,1-3H3,(H,12,13,14). The second-order valence-electron chi connectivity index (χ2n) is 4.34. The third-order valence-corrected chi connectivity index (χ3v) is 2.22. The molecule has 1 N–H and O–H groups in total. The van der Waals surface area contributed by atoms with Gasteiger partial charge in [0.25, 0.3) is 0 Å². The molecule has 0 fully saturated rings. The highest BCUT2D eigenvalue weighted by atomic mass is 19.1. The van der Waals surface area contributed by atoms with Gasteiger partial charge in [0, 0.05) is 6.20 Å². The Kier molecular flexibility index (Phi) is 1.80. The van der Waals surface area contributed by atoms with Gasteiger partial charge in [-0.05, 0) is 17.0 Å². The molecule has 0 atom stereocenters. The van der Waals surface area contributed by atoms with E-state index in [0.717, 1.165) is 5.56 Å². The van der Waals surface area contributed by atoms with E-state index >= 15 is 0 Å². The van der Waals surface area contributed by atoms with Crippen LogP contribution in [0.5, 0.6) is 0 Å². The summed E-state index contributed by atoms with van der Waals surface area (Å²) in [5.41, 5.74) is 1.26. The number of nitrogens with one attached hydrogen (secondary N) is 1. The molecule has 0 amide bonds. The van der Waals surface area contributed by atoms with Gasteiger partial charge in [0.15, 0.2) is 5.65 Å². The molecule has 3 nitrogen and oxygen atoms in total. The predicted octanol–water partition coefficient (Wildman–Crippen LogP) is 2.39. The lowest BCUT2D eigenvalue weighted by molar-refractivity contribution is 0.571. The van der Waals surface area contributed by atoms with Gasteiger partial charge >= 0.3 is 0 Å². The average Bonchev–Trinajstić information content (AvgIpc) is 2.46. The molecule has 0 spiro atoms. The summed E-state index contributed by atoms with van der Waals surface area (Å²) in [6, 6.07) is 1.83. The molecule has 0 aromatic carbocycles. The first-order valence-electron chi connectivity index (χ1n) is 4.49. The van der Waals surface area contributed by atoms with E-state index < -0.39 is 5.95 Å². The van der Waals surface area contributed by atoms with Crippen LogP contribution in [0.1, 0.15) is 26.3 Å². The summed E-state index contributed by atoms with van der Waals surface area (Å²) in [4.78, 5) is 3.99. The summed E-state index contributed by atoms with van der Waals surface area (Å²) in [5.74, 6) is -0.405. The Labute approximate surface area is 81.4 Å². The molecule has 2 aromatic rings. The Morgan fingerprint density at radius 2 is 2.07 bits per heavy atom. The molecule has 0 radical (unpaired) electrons. The van der Waals surface area contributed by atoms with E-state index in [0.29, 0.717) is 11.0 Å². The molecule has 0 unspecified atom stereocenters. The van der Waals surface area contributed by atoms with Crippen LogP contribution in [0.3, 0.4) is 0 Å². The molecule has 2 heterocycles. The molecule has 14 heavy (non-hydrogen) atoms. The zero-order valence-electron chi connectivity index (χ0n) is 8.43. The number of nitrogens with zero attached hydrogens (tertiary/aromatic N) is 2. The Bertz CT molecular complexity index is 468. The van der Waals surface area contributed by atoms with Crippen molar-refractivity contribution in [3.05, 3.63) is 23.8 Å². The van der Waals surface area contributed by atoms with Crippen molar-refractivity contribution in [3.63, 3.8) is 0 Å². The molecule has 4 heteroatoms. The van der Waals surface area contributed by atoms with E-state index in [1.54, 1.807) is 6.20 Å². The number of aromatic nitrogens is 3. The summed E-state index contributed by atoms with van der Waals surface area (Å²) >= 11 is 0. The van der Waals surface area contributed by atoms with E-state index in [9.17, 15) is 4.39 Å². The largest absolute Gasteiger partial charge is 0.250 e. The number of rotatable bonds is 0. The van der Waals surface area contributed by atoms with Crippen molar-refractivity contribution in [2.75, 3.05) is 0 Å². The Morgan fingerprint density at radius 1 is 1.36 bits per heavy atom. The third-order valence-electron chi connectivity index (χ3n) is 2.22. The molecular weight excluding hydrogens is 181 g/mol. The monoisotopic (exact) mass is 193 g/mol. The van der Waals surface area contributed by atoms with Gasteiger partial charge in [-0.25, -0.2) is 4.98 Å². The van der Waals surface area contributed by atoms with Crippen molar-refractivity contribution < 1.29 is 4.39 Å². The fraction of sp³-hybridized carbons (Fsp3) is 0.400. The fourth-order valence-electron chi connectivity index (χ4n) is 1.53. The summed E-state index contributed by atoms with van der Waals surface area (Å²) < 4.78 is 13.4. The highest BCUT2D eigenvalue weighted by Gasteiger charge is 2.20. The summed E-state index contributed by atoms with van der Waals surface area (Å²) in [5, 5.41) is 6.59. The number of halogens is 1. The number of fused-ring (bicyclic) bond motifs is 1. The van der Waals surface area contributed by atoms with Gasteiger partial charge in [-0.2, -0.15) is 9.49 Å². The number of hydrogen-bond donors (Lipinski definition) is 1. The Balaban J connectivity index is 2.82. The van der Waals surface area contributed by atoms with Crippen LogP contribution in [0.15, 0.2) is 12.3 Å². The van der Waals surface area contributed by atoms with Crippen LogP contribution in [0.2, 0.25) is 0 Å². The van der Waals surface area contributed by atoms with Gasteiger partial charge in [-0.1, -0.05) is 20.8 Å². The van der Waals surface area contributed by atoms with Crippen molar-refractivity contribution in [3.8, 4) is 0 Å². The van der Waals surface area contributed by atoms with Crippen LogP contribution in [-0.4, -0.2) is 15.2 Å². The van der Waals surface area contributed by atoms with E-state index in [4.69, 9.17) is 0 Å². The minimum atomic E-state index is -0.405. The molecule has 0 aliphatic heterocycles. The summed E-state index contributed by atoms with van der Waals surface area (Å²) in [6.45, 7) is 6.11. The molecule has 0 saturated carbocycles. The SMILES string of the molecule is CC(C)(C)c1ccnc2n[nH]c(F)c12. The highest BCUT2D eigenvalue weighted by Crippen LogP contribution is 2.29. The van der Waals surface area contributed by atoms with Crippen molar-refractivity contribution in [1.29, 1.82) is 0 Å². The number of aromatic amines is 1. The van der Waals surface area contributed by atoms with Crippen molar-refractivity contribution >= 4 is 11.0 Å². The number of H-pyrrole nitrogens is 1. The molecule has 0 saturated heterocycles. The van der Waals surface area contributed by atoms with E-state index in [1.807, 2.05) is 26.8 Å². The lowest BCUT2D eigenvalue weighted by atomic mass is 9.86. The lowest BCUT2D eigenvalue weighted by Crippen LogP contribution is -2.12. The second kappa shape index (κ2) is 2.77. The van der Waals surface area contributed by atoms with E-state index in [2.05, 4.69) is 15.2 Å². The maximum absolute atomic E-state index is 13.4. The minimum absolute atomic E-state index is 0.105. The summed E-state index contributed by atoms with van der Waals surface area (Å²) in [7, 11) is 0. The first-order valence-corrected chi connectivity index (χ1v) is 4.49. The molecule has 2 aromatic heterocycles. The maximum atomic E-state index is 13.4. The van der Waals surface area contributed by atoms with Crippen molar-refractivity contribution in [1.82, 2.24) is 15.2 Å². The summed E-state index contributed by atoms with van der Waals surface area (Å²) in [6.07, 6.45) is 1.66. The fourth-order valence-corrected chi connectivity index (χ4v) is 1.53. The molecule has 74 valence electrons. The molecular formula is C10H12FN3. The van der Waals surface area contributed by atoms with Crippen LogP contribution in [0.4, 0.5) is 4.39 Å². The first-order chi connectivity index (χ1) is 6.50. The van der Waals surface area contributed by atoms with Crippen molar-refractivity contribution in [2.45, 2.75) is 26.2 Å². The zero-order chi connectivity index (χ0) is 10.3. The normalized spacial score (nSPS) is 12.3. The smallest absolute Gasteiger partial charge is 0.218 e. The maximum Gasteiger partial charge on any atom is 0.218 e. The van der Waals surface area contributed by atoms with Crippen molar-refractivity contribution in [2.24, 2.45) is 0 Å². The van der Waals surface area contributed by atoms with Gasteiger partial charge in [-0.15, -0.1) is 0 Å². The van der Waals surface area contributed by atoms with Gasteiger partial charge in [0.2, 0.25) is 5.95 Å². The first kappa shape index (κ1) is 9.12. The van der Waals surface area contributed by atoms with Crippen LogP contribution in [-0.2, 0) is 5.41 Å². The van der Waals surface area contributed by atoms with Gasteiger partial charge in [0.05, 0.1) is 5.39 Å². The number of hydrogen-bond acceptors (Lipinski definition) is 2. The zero-order valence-corrected chi connectivity index (χ0v) is 8.43. The highest BCUT2D eigenvalue weighted by molar-refractivity contribution is 5.79. The molecule has 2 rings (SSSR count).